The third kappa shape index (κ3) is 3.53. The van der Waals surface area contributed by atoms with E-state index in [0.717, 1.165) is 35.1 Å². The third-order valence-electron chi connectivity index (χ3n) is 2.50. The lowest BCUT2D eigenvalue weighted by Gasteiger charge is -2.04. The normalized spacial score (nSPS) is 10.7. The fraction of sp³-hybridized carbons (Fsp3) is 0.308. The first-order chi connectivity index (χ1) is 8.29. The van der Waals surface area contributed by atoms with Crippen LogP contribution in [-0.2, 0) is 19.5 Å². The van der Waals surface area contributed by atoms with Crippen molar-refractivity contribution in [3.63, 3.8) is 0 Å². The molecule has 0 aliphatic heterocycles. The Hall–Kier alpha value is -0.900. The minimum atomic E-state index is 0.778. The molecule has 1 aromatic heterocycles. The number of thiazole rings is 1. The highest BCUT2D eigenvalue weighted by molar-refractivity contribution is 7.11. The second kappa shape index (κ2) is 6.15. The van der Waals surface area contributed by atoms with Crippen LogP contribution in [0.15, 0.2) is 30.5 Å². The molecule has 0 atom stereocenters. The van der Waals surface area contributed by atoms with Crippen LogP contribution >= 0.6 is 22.9 Å². The Balaban J connectivity index is 1.85. The second-order valence-corrected chi connectivity index (χ2v) is 5.38. The summed E-state index contributed by atoms with van der Waals surface area (Å²) in [5.74, 6) is 0. The molecule has 0 amide bonds. The van der Waals surface area contributed by atoms with E-state index in [1.54, 1.807) is 11.3 Å². The number of aromatic nitrogens is 1. The van der Waals surface area contributed by atoms with Crippen molar-refractivity contribution in [3.8, 4) is 0 Å². The van der Waals surface area contributed by atoms with Crippen LogP contribution in [0, 0.1) is 0 Å². The van der Waals surface area contributed by atoms with Crippen LogP contribution in [0.3, 0.4) is 0 Å². The molecule has 1 heterocycles. The Morgan fingerprint density at radius 3 is 2.82 bits per heavy atom. The van der Waals surface area contributed by atoms with Crippen molar-refractivity contribution in [3.05, 3.63) is 50.9 Å². The predicted molar refractivity (Wildman–Crippen MR) is 73.5 cm³/mol. The Kier molecular flexibility index (Phi) is 4.54. The molecule has 90 valence electrons. The van der Waals surface area contributed by atoms with Crippen molar-refractivity contribution >= 4 is 22.9 Å². The number of nitrogens with one attached hydrogen (secondary N) is 1. The lowest BCUT2D eigenvalue weighted by Crippen LogP contribution is -2.12. The molecule has 1 aromatic carbocycles. The lowest BCUT2D eigenvalue weighted by molar-refractivity contribution is 0.690. The Morgan fingerprint density at radius 2 is 2.12 bits per heavy atom. The highest BCUT2D eigenvalue weighted by Gasteiger charge is 2.01. The quantitative estimate of drug-likeness (QED) is 0.894. The molecule has 0 aliphatic rings. The molecule has 0 fully saturated rings. The van der Waals surface area contributed by atoms with Gasteiger partial charge in [-0.3, -0.25) is 0 Å². The van der Waals surface area contributed by atoms with E-state index >= 15 is 0 Å². The molecule has 0 saturated heterocycles. The molecular weight excluding hydrogens is 252 g/mol. The summed E-state index contributed by atoms with van der Waals surface area (Å²) < 4.78 is 0. The van der Waals surface area contributed by atoms with Gasteiger partial charge in [0.25, 0.3) is 0 Å². The molecule has 0 aliphatic carbocycles. The van der Waals surface area contributed by atoms with Gasteiger partial charge >= 0.3 is 0 Å². The lowest BCUT2D eigenvalue weighted by atomic mass is 10.2. The van der Waals surface area contributed by atoms with Crippen LogP contribution in [0.4, 0.5) is 0 Å². The molecule has 0 radical (unpaired) electrons. The summed E-state index contributed by atoms with van der Waals surface area (Å²) in [6, 6.07) is 7.90. The van der Waals surface area contributed by atoms with Gasteiger partial charge in [0.2, 0.25) is 0 Å². The zero-order chi connectivity index (χ0) is 12.1. The molecule has 2 rings (SSSR count). The summed E-state index contributed by atoms with van der Waals surface area (Å²) in [6.45, 7) is 3.73. The maximum atomic E-state index is 6.08. The Labute approximate surface area is 111 Å². The average Bonchev–Trinajstić information content (AvgIpc) is 2.80. The van der Waals surface area contributed by atoms with Gasteiger partial charge in [0.05, 0.1) is 0 Å². The average molecular weight is 267 g/mol. The van der Waals surface area contributed by atoms with E-state index in [-0.39, 0.29) is 0 Å². The van der Waals surface area contributed by atoms with Crippen molar-refractivity contribution < 1.29 is 0 Å². The van der Waals surface area contributed by atoms with Crippen molar-refractivity contribution in [2.24, 2.45) is 0 Å². The van der Waals surface area contributed by atoms with Gasteiger partial charge in [-0.05, 0) is 18.1 Å². The fourth-order valence-electron chi connectivity index (χ4n) is 1.54. The number of aryl methyl sites for hydroxylation is 1. The van der Waals surface area contributed by atoms with Gasteiger partial charge in [-0.1, -0.05) is 36.7 Å². The summed E-state index contributed by atoms with van der Waals surface area (Å²) in [6.07, 6.45) is 3.01. The first-order valence-corrected chi connectivity index (χ1v) is 6.86. The molecule has 0 spiro atoms. The van der Waals surface area contributed by atoms with Crippen molar-refractivity contribution in [1.29, 1.82) is 0 Å². The highest BCUT2D eigenvalue weighted by Crippen LogP contribution is 2.16. The fourth-order valence-corrected chi connectivity index (χ4v) is 2.57. The largest absolute Gasteiger partial charge is 0.306 e. The monoisotopic (exact) mass is 266 g/mol. The summed E-state index contributed by atoms with van der Waals surface area (Å²) in [5, 5.41) is 5.31. The van der Waals surface area contributed by atoms with Gasteiger partial charge < -0.3 is 5.32 Å². The van der Waals surface area contributed by atoms with E-state index in [1.165, 1.54) is 4.88 Å². The minimum absolute atomic E-state index is 0.778. The van der Waals surface area contributed by atoms with Crippen LogP contribution in [0.1, 0.15) is 22.4 Å². The maximum absolute atomic E-state index is 6.08. The highest BCUT2D eigenvalue weighted by atomic mass is 35.5. The number of halogens is 1. The van der Waals surface area contributed by atoms with Crippen LogP contribution in [0.5, 0.6) is 0 Å². The standard InChI is InChI=1S/C13H15ClN2S/c1-2-11-8-16-13(17-11)9-15-7-10-5-3-4-6-12(10)14/h3-6,8,15H,2,7,9H2,1H3. The van der Waals surface area contributed by atoms with Gasteiger partial charge in [-0.2, -0.15) is 0 Å². The van der Waals surface area contributed by atoms with Crippen LogP contribution in [0.25, 0.3) is 0 Å². The van der Waals surface area contributed by atoms with E-state index in [0.29, 0.717) is 0 Å². The van der Waals surface area contributed by atoms with Gasteiger partial charge in [-0.15, -0.1) is 11.3 Å². The summed E-state index contributed by atoms with van der Waals surface area (Å²) >= 11 is 7.85. The molecule has 0 saturated carbocycles. The van der Waals surface area contributed by atoms with Crippen LogP contribution in [0.2, 0.25) is 5.02 Å². The number of nitrogens with zero attached hydrogens (tertiary/aromatic N) is 1. The molecule has 4 heteroatoms. The van der Waals surface area contributed by atoms with E-state index < -0.39 is 0 Å². The molecule has 1 N–H and O–H groups in total. The molecule has 0 unspecified atom stereocenters. The number of benzene rings is 1. The molecule has 2 nitrogen and oxygen atoms in total. The molecule has 2 aromatic rings. The molecular formula is C13H15ClN2S. The smallest absolute Gasteiger partial charge is 0.107 e. The van der Waals surface area contributed by atoms with E-state index in [1.807, 2.05) is 30.5 Å². The van der Waals surface area contributed by atoms with Crippen molar-refractivity contribution in [1.82, 2.24) is 10.3 Å². The minimum Gasteiger partial charge on any atom is -0.306 e. The second-order valence-electron chi connectivity index (χ2n) is 3.77. The predicted octanol–water partition coefficient (Wildman–Crippen LogP) is 3.65. The topological polar surface area (TPSA) is 24.9 Å². The number of hydrogen-bond donors (Lipinski definition) is 1. The van der Waals surface area contributed by atoms with Gasteiger partial charge in [0.15, 0.2) is 0 Å². The van der Waals surface area contributed by atoms with Crippen molar-refractivity contribution in [2.45, 2.75) is 26.4 Å². The van der Waals surface area contributed by atoms with E-state index in [4.69, 9.17) is 11.6 Å². The number of rotatable bonds is 5. The SMILES string of the molecule is CCc1cnc(CNCc2ccccc2Cl)s1. The van der Waals surface area contributed by atoms with E-state index in [9.17, 15) is 0 Å². The molecule has 0 bridgehead atoms. The third-order valence-corrected chi connectivity index (χ3v) is 4.01. The van der Waals surface area contributed by atoms with Gasteiger partial charge in [0, 0.05) is 29.2 Å². The summed E-state index contributed by atoms with van der Waals surface area (Å²) in [7, 11) is 0. The van der Waals surface area contributed by atoms with Crippen molar-refractivity contribution in [2.75, 3.05) is 0 Å². The van der Waals surface area contributed by atoms with Crippen LogP contribution in [-0.4, -0.2) is 4.98 Å². The van der Waals surface area contributed by atoms with E-state index in [2.05, 4.69) is 17.2 Å². The Morgan fingerprint density at radius 1 is 1.29 bits per heavy atom. The zero-order valence-corrected chi connectivity index (χ0v) is 11.3. The first-order valence-electron chi connectivity index (χ1n) is 5.67. The van der Waals surface area contributed by atoms with Gasteiger partial charge in [0.1, 0.15) is 5.01 Å². The zero-order valence-electron chi connectivity index (χ0n) is 9.74. The summed E-state index contributed by atoms with van der Waals surface area (Å²) in [5.41, 5.74) is 1.13. The maximum Gasteiger partial charge on any atom is 0.107 e. The number of hydrogen-bond acceptors (Lipinski definition) is 3. The Bertz CT molecular complexity index is 482. The summed E-state index contributed by atoms with van der Waals surface area (Å²) in [4.78, 5) is 5.70. The van der Waals surface area contributed by atoms with Gasteiger partial charge in [-0.25, -0.2) is 4.98 Å². The first kappa shape index (κ1) is 12.6. The van der Waals surface area contributed by atoms with Crippen LogP contribution < -0.4 is 5.32 Å². The molecule has 17 heavy (non-hydrogen) atoms.